The quantitative estimate of drug-likeness (QED) is 0.912. The van der Waals surface area contributed by atoms with Crippen molar-refractivity contribution >= 4 is 17.3 Å². The Kier molecular flexibility index (Phi) is 4.60. The molecule has 1 aromatic carbocycles. The van der Waals surface area contributed by atoms with E-state index in [0.717, 1.165) is 29.8 Å². The van der Waals surface area contributed by atoms with Crippen LogP contribution in [0.1, 0.15) is 51.0 Å². The Morgan fingerprint density at radius 3 is 2.96 bits per heavy atom. The van der Waals surface area contributed by atoms with Gasteiger partial charge in [-0.05, 0) is 43.0 Å². The van der Waals surface area contributed by atoms with Crippen LogP contribution >= 0.6 is 0 Å². The van der Waals surface area contributed by atoms with Crippen LogP contribution in [0.4, 0.5) is 5.69 Å². The second-order valence-corrected chi connectivity index (χ2v) is 6.53. The van der Waals surface area contributed by atoms with Gasteiger partial charge >= 0.3 is 0 Å². The first-order valence-corrected chi connectivity index (χ1v) is 8.57. The maximum atomic E-state index is 12.2. The number of anilines is 1. The molecule has 2 heterocycles. The topological polar surface area (TPSA) is 41.6 Å². The van der Waals surface area contributed by atoms with Gasteiger partial charge in [0.15, 0.2) is 0 Å². The fraction of sp³-hybridized carbons (Fsp3) is 0.526. The molecule has 0 fully saturated rings. The summed E-state index contributed by atoms with van der Waals surface area (Å²) in [6.45, 7) is 2.24. The molecule has 1 unspecified atom stereocenters. The van der Waals surface area contributed by atoms with Crippen LogP contribution in [0.15, 0.2) is 23.8 Å². The minimum absolute atomic E-state index is 0.0850. The minimum Gasteiger partial charge on any atom is -0.497 e. The van der Waals surface area contributed by atoms with Gasteiger partial charge in [0.1, 0.15) is 5.75 Å². The number of hydrogen-bond acceptors (Lipinski definition) is 3. The summed E-state index contributed by atoms with van der Waals surface area (Å²) in [6.07, 6.45) is 6.34. The number of amides is 1. The van der Waals surface area contributed by atoms with Crippen molar-refractivity contribution < 1.29 is 9.53 Å². The molecule has 1 aromatic rings. The Morgan fingerprint density at radius 2 is 2.22 bits per heavy atom. The van der Waals surface area contributed by atoms with Crippen LogP contribution in [0.2, 0.25) is 0 Å². The number of fused-ring (bicyclic) bond motifs is 2. The van der Waals surface area contributed by atoms with Crippen molar-refractivity contribution in [2.24, 2.45) is 0 Å². The van der Waals surface area contributed by atoms with Gasteiger partial charge in [0.25, 0.3) is 0 Å². The summed E-state index contributed by atoms with van der Waals surface area (Å²) in [5, 5.41) is 3.05. The van der Waals surface area contributed by atoms with E-state index < -0.39 is 0 Å². The number of carbonyl (C=O) groups excluding carboxylic acids is 1. The van der Waals surface area contributed by atoms with Gasteiger partial charge in [0.2, 0.25) is 5.91 Å². The van der Waals surface area contributed by atoms with Crippen molar-refractivity contribution in [3.05, 3.63) is 29.3 Å². The zero-order valence-corrected chi connectivity index (χ0v) is 14.3. The third kappa shape index (κ3) is 3.07. The third-order valence-electron chi connectivity index (χ3n) is 5.04. The van der Waals surface area contributed by atoms with E-state index in [-0.39, 0.29) is 5.91 Å². The van der Waals surface area contributed by atoms with Gasteiger partial charge in [-0.3, -0.25) is 4.79 Å². The van der Waals surface area contributed by atoms with Crippen LogP contribution in [0.25, 0.3) is 5.70 Å². The highest BCUT2D eigenvalue weighted by molar-refractivity contribution is 5.99. The maximum absolute atomic E-state index is 12.2. The fourth-order valence-corrected chi connectivity index (χ4v) is 3.76. The first-order valence-electron chi connectivity index (χ1n) is 8.57. The highest BCUT2D eigenvalue weighted by atomic mass is 16.5. The van der Waals surface area contributed by atoms with Gasteiger partial charge in [-0.15, -0.1) is 0 Å². The molecule has 1 N–H and O–H groups in total. The molecule has 0 saturated carbocycles. The van der Waals surface area contributed by atoms with E-state index in [9.17, 15) is 4.79 Å². The molecule has 2 aliphatic rings. The number of unbranched alkanes of at least 4 members (excludes halogenated alkanes) is 1. The lowest BCUT2D eigenvalue weighted by molar-refractivity contribution is -0.115. The molecule has 0 aliphatic carbocycles. The van der Waals surface area contributed by atoms with Crippen LogP contribution in [-0.2, 0) is 4.79 Å². The molecule has 0 radical (unpaired) electrons. The minimum atomic E-state index is 0.0850. The van der Waals surface area contributed by atoms with Crippen molar-refractivity contribution in [3.63, 3.8) is 0 Å². The van der Waals surface area contributed by atoms with Gasteiger partial charge in [-0.1, -0.05) is 19.8 Å². The molecule has 124 valence electrons. The summed E-state index contributed by atoms with van der Waals surface area (Å²) in [6, 6.07) is 6.46. The van der Waals surface area contributed by atoms with E-state index in [1.54, 1.807) is 7.11 Å². The molecule has 1 atom stereocenters. The molecule has 3 rings (SSSR count). The molecule has 4 heteroatoms. The van der Waals surface area contributed by atoms with E-state index in [1.165, 1.54) is 30.5 Å². The number of nitrogens with one attached hydrogen (secondary N) is 1. The van der Waals surface area contributed by atoms with Crippen molar-refractivity contribution in [2.45, 2.75) is 51.5 Å². The monoisotopic (exact) mass is 314 g/mol. The predicted octanol–water partition coefficient (Wildman–Crippen LogP) is 4.03. The van der Waals surface area contributed by atoms with E-state index >= 15 is 0 Å². The third-order valence-corrected chi connectivity index (χ3v) is 5.04. The SMILES string of the molecule is CCCCC1CCC2=C(c3cc(OC)ccc3NC(=O)C2)N1C. The number of nitrogens with zero attached hydrogens (tertiary/aromatic N) is 1. The van der Waals surface area contributed by atoms with Crippen molar-refractivity contribution in [1.29, 1.82) is 0 Å². The van der Waals surface area contributed by atoms with E-state index in [1.807, 2.05) is 12.1 Å². The van der Waals surface area contributed by atoms with Crippen LogP contribution < -0.4 is 10.1 Å². The predicted molar refractivity (Wildman–Crippen MR) is 93.5 cm³/mol. The molecule has 2 aliphatic heterocycles. The molecular weight excluding hydrogens is 288 g/mol. The Hall–Kier alpha value is -1.97. The second kappa shape index (κ2) is 6.65. The van der Waals surface area contributed by atoms with Gasteiger partial charge < -0.3 is 15.0 Å². The number of benzene rings is 1. The van der Waals surface area contributed by atoms with E-state index in [0.29, 0.717) is 12.5 Å². The maximum Gasteiger partial charge on any atom is 0.228 e. The Morgan fingerprint density at radius 1 is 1.39 bits per heavy atom. The summed E-state index contributed by atoms with van der Waals surface area (Å²) < 4.78 is 5.40. The average Bonchev–Trinajstić information content (AvgIpc) is 2.69. The lowest BCUT2D eigenvalue weighted by atomic mass is 9.89. The molecular formula is C19H26N2O2. The molecule has 0 aromatic heterocycles. The first kappa shape index (κ1) is 15.9. The van der Waals surface area contributed by atoms with E-state index in [4.69, 9.17) is 4.74 Å². The van der Waals surface area contributed by atoms with Crippen molar-refractivity contribution in [1.82, 2.24) is 4.90 Å². The summed E-state index contributed by atoms with van der Waals surface area (Å²) in [4.78, 5) is 14.6. The van der Waals surface area contributed by atoms with Crippen molar-refractivity contribution in [3.8, 4) is 5.75 Å². The van der Waals surface area contributed by atoms with E-state index in [2.05, 4.69) is 30.3 Å². The Balaban J connectivity index is 2.04. The number of carbonyl (C=O) groups is 1. The summed E-state index contributed by atoms with van der Waals surface area (Å²) >= 11 is 0. The zero-order chi connectivity index (χ0) is 16.4. The van der Waals surface area contributed by atoms with Gasteiger partial charge in [0.05, 0.1) is 19.2 Å². The first-order chi connectivity index (χ1) is 11.1. The lowest BCUT2D eigenvalue weighted by Gasteiger charge is -2.38. The molecule has 23 heavy (non-hydrogen) atoms. The summed E-state index contributed by atoms with van der Waals surface area (Å²) in [7, 11) is 3.86. The molecule has 0 spiro atoms. The summed E-state index contributed by atoms with van der Waals surface area (Å²) in [5.41, 5.74) is 4.46. The standard InChI is InChI=1S/C19H26N2O2/c1-4-5-6-14-8-7-13-11-18(22)20-17-10-9-15(23-3)12-16(17)19(13)21(14)2/h9-10,12,14H,4-8,11H2,1-3H3,(H,20,22). The molecule has 1 amide bonds. The number of rotatable bonds is 4. The largest absolute Gasteiger partial charge is 0.497 e. The normalized spacial score (nSPS) is 20.6. The van der Waals surface area contributed by atoms with Crippen LogP contribution in [-0.4, -0.2) is 31.0 Å². The van der Waals surface area contributed by atoms with Gasteiger partial charge in [-0.2, -0.15) is 0 Å². The smallest absolute Gasteiger partial charge is 0.228 e. The number of methoxy groups -OCH3 is 1. The second-order valence-electron chi connectivity index (χ2n) is 6.53. The Bertz CT molecular complexity index is 636. The van der Waals surface area contributed by atoms with Crippen LogP contribution in [0.3, 0.4) is 0 Å². The number of hydrogen-bond donors (Lipinski definition) is 1. The van der Waals surface area contributed by atoms with Gasteiger partial charge in [-0.25, -0.2) is 0 Å². The fourth-order valence-electron chi connectivity index (χ4n) is 3.76. The molecule has 4 nitrogen and oxygen atoms in total. The van der Waals surface area contributed by atoms with Crippen LogP contribution in [0, 0.1) is 0 Å². The molecule has 0 saturated heterocycles. The number of ether oxygens (including phenoxy) is 1. The molecule has 0 bridgehead atoms. The average molecular weight is 314 g/mol. The Labute approximate surface area is 138 Å². The lowest BCUT2D eigenvalue weighted by Crippen LogP contribution is -2.34. The summed E-state index contributed by atoms with van der Waals surface area (Å²) in [5.74, 6) is 0.914. The highest BCUT2D eigenvalue weighted by Crippen LogP contribution is 2.41. The van der Waals surface area contributed by atoms with Crippen LogP contribution in [0.5, 0.6) is 5.75 Å². The zero-order valence-electron chi connectivity index (χ0n) is 14.3. The highest BCUT2D eigenvalue weighted by Gasteiger charge is 2.31. The van der Waals surface area contributed by atoms with Gasteiger partial charge in [0, 0.05) is 24.4 Å². The van der Waals surface area contributed by atoms with Crippen molar-refractivity contribution in [2.75, 3.05) is 19.5 Å².